The van der Waals surface area contributed by atoms with Gasteiger partial charge in [0.25, 0.3) is 0 Å². The average molecular weight is 430 g/mol. The van der Waals surface area contributed by atoms with Crippen molar-refractivity contribution < 1.29 is 15.0 Å². The molecule has 0 unspecified atom stereocenters. The van der Waals surface area contributed by atoms with Gasteiger partial charge in [-0.25, -0.2) is 0 Å². The van der Waals surface area contributed by atoms with Gasteiger partial charge in [0, 0.05) is 13.0 Å². The number of hydrogen-bond acceptors (Lipinski definition) is 3. The molecule has 0 aliphatic heterocycles. The first kappa shape index (κ1) is 26.8. The summed E-state index contributed by atoms with van der Waals surface area (Å²) in [6.45, 7) is 2.79. The number of benzene rings is 1. The lowest BCUT2D eigenvalue weighted by atomic mass is 10.1. The minimum Gasteiger partial charge on any atom is -0.504 e. The Labute approximate surface area is 189 Å². The molecule has 0 aliphatic carbocycles. The van der Waals surface area contributed by atoms with Gasteiger partial charge in [0.2, 0.25) is 5.91 Å². The van der Waals surface area contributed by atoms with Crippen molar-refractivity contribution in [2.24, 2.45) is 0 Å². The van der Waals surface area contributed by atoms with E-state index in [2.05, 4.69) is 36.5 Å². The zero-order valence-electron chi connectivity index (χ0n) is 19.5. The number of unbranched alkanes of at least 4 members (excludes halogenated alkanes) is 9. The van der Waals surface area contributed by atoms with Crippen LogP contribution in [0.25, 0.3) is 0 Å². The van der Waals surface area contributed by atoms with Crippen molar-refractivity contribution in [1.82, 2.24) is 5.32 Å². The number of phenols is 2. The highest BCUT2D eigenvalue weighted by molar-refractivity contribution is 5.75. The van der Waals surface area contributed by atoms with Crippen LogP contribution in [0.2, 0.25) is 0 Å². The molecule has 3 N–H and O–H groups in total. The first-order valence-corrected chi connectivity index (χ1v) is 12.2. The Balaban J connectivity index is 1.89. The van der Waals surface area contributed by atoms with Gasteiger partial charge in [0.1, 0.15) is 0 Å². The maximum Gasteiger partial charge on any atom is 0.220 e. The third-order valence-corrected chi connectivity index (χ3v) is 5.38. The number of carbonyl (C=O) groups is 1. The lowest BCUT2D eigenvalue weighted by Crippen LogP contribution is -2.25. The molecule has 4 nitrogen and oxygen atoms in total. The molecule has 0 radical (unpaired) electrons. The van der Waals surface area contributed by atoms with Crippen LogP contribution in [-0.4, -0.2) is 22.7 Å². The van der Waals surface area contributed by atoms with Crippen molar-refractivity contribution in [2.45, 2.75) is 96.8 Å². The number of amides is 1. The zero-order chi connectivity index (χ0) is 22.6. The number of allylic oxidation sites excluding steroid dienone is 4. The van der Waals surface area contributed by atoms with Gasteiger partial charge in [0.05, 0.1) is 0 Å². The maximum atomic E-state index is 11.9. The second-order valence-corrected chi connectivity index (χ2v) is 8.26. The third-order valence-electron chi connectivity index (χ3n) is 5.38. The molecular weight excluding hydrogens is 386 g/mol. The van der Waals surface area contributed by atoms with E-state index in [9.17, 15) is 15.0 Å². The predicted octanol–water partition coefficient (Wildman–Crippen LogP) is 6.96. The summed E-state index contributed by atoms with van der Waals surface area (Å²) in [7, 11) is 0. The minimum absolute atomic E-state index is 0.0874. The molecule has 0 fully saturated rings. The molecule has 0 atom stereocenters. The van der Waals surface area contributed by atoms with Crippen molar-refractivity contribution in [3.8, 4) is 11.5 Å². The molecule has 174 valence electrons. The van der Waals surface area contributed by atoms with Crippen molar-refractivity contribution in [3.05, 3.63) is 48.1 Å². The van der Waals surface area contributed by atoms with E-state index in [-0.39, 0.29) is 17.4 Å². The summed E-state index contributed by atoms with van der Waals surface area (Å²) >= 11 is 0. The lowest BCUT2D eigenvalue weighted by molar-refractivity contribution is -0.121. The van der Waals surface area contributed by atoms with Gasteiger partial charge in [-0.3, -0.25) is 4.79 Å². The highest BCUT2D eigenvalue weighted by atomic mass is 16.3. The van der Waals surface area contributed by atoms with Crippen LogP contribution < -0.4 is 5.32 Å². The van der Waals surface area contributed by atoms with Crippen LogP contribution in [0, 0.1) is 0 Å². The molecule has 0 saturated carbocycles. The fourth-order valence-corrected chi connectivity index (χ4v) is 3.43. The molecule has 1 rings (SSSR count). The Kier molecular flexibility index (Phi) is 16.0. The largest absolute Gasteiger partial charge is 0.504 e. The molecule has 0 aliphatic rings. The lowest BCUT2D eigenvalue weighted by Gasteiger charge is -2.06. The van der Waals surface area contributed by atoms with E-state index in [0.29, 0.717) is 19.4 Å². The smallest absolute Gasteiger partial charge is 0.220 e. The van der Waals surface area contributed by atoms with Crippen molar-refractivity contribution >= 4 is 5.91 Å². The molecule has 0 spiro atoms. The van der Waals surface area contributed by atoms with E-state index < -0.39 is 0 Å². The molecule has 1 amide bonds. The Hall–Kier alpha value is -2.23. The number of aromatic hydroxyl groups is 2. The van der Waals surface area contributed by atoms with Crippen LogP contribution in [0.1, 0.15) is 96.0 Å². The molecule has 0 heterocycles. The first-order chi connectivity index (χ1) is 15.1. The number of hydrogen-bond donors (Lipinski definition) is 3. The summed E-state index contributed by atoms with van der Waals surface area (Å²) < 4.78 is 0. The topological polar surface area (TPSA) is 69.6 Å². The van der Waals surface area contributed by atoms with Crippen molar-refractivity contribution in [1.29, 1.82) is 0 Å². The summed E-state index contributed by atoms with van der Waals surface area (Å²) in [5, 5.41) is 21.7. The summed E-state index contributed by atoms with van der Waals surface area (Å²) in [6, 6.07) is 4.75. The van der Waals surface area contributed by atoms with Gasteiger partial charge in [0.15, 0.2) is 11.5 Å². The predicted molar refractivity (Wildman–Crippen MR) is 130 cm³/mol. The number of rotatable bonds is 18. The second kappa shape index (κ2) is 18.5. The SMILES string of the molecule is CCCCCC/C=C\C/C=C\CCCCCCCC(=O)NCCc1ccc(O)c(O)c1. The van der Waals surface area contributed by atoms with E-state index >= 15 is 0 Å². The van der Waals surface area contributed by atoms with Crippen molar-refractivity contribution in [2.75, 3.05) is 6.54 Å². The molecule has 4 heteroatoms. The Bertz CT molecular complexity index is 652. The number of carbonyl (C=O) groups excluding carboxylic acids is 1. The van der Waals surface area contributed by atoms with Crippen LogP contribution in [0.4, 0.5) is 0 Å². The van der Waals surface area contributed by atoms with E-state index in [1.54, 1.807) is 6.07 Å². The minimum atomic E-state index is -0.121. The fourth-order valence-electron chi connectivity index (χ4n) is 3.43. The van der Waals surface area contributed by atoms with Gasteiger partial charge in [-0.05, 0) is 62.6 Å². The standard InChI is InChI=1S/C27H43NO3/c1-2-3-4-5-6-7-8-9-10-11-12-13-14-15-16-17-18-27(31)28-22-21-24-19-20-25(29)26(30)23-24/h7-8,10-11,19-20,23,29-30H,2-6,9,12-18,21-22H2,1H3,(H,28,31)/b8-7-,11-10-. The summed E-state index contributed by atoms with van der Waals surface area (Å²) in [5.74, 6) is -0.155. The molecular formula is C27H43NO3. The van der Waals surface area contributed by atoms with Gasteiger partial charge >= 0.3 is 0 Å². The Morgan fingerprint density at radius 2 is 1.48 bits per heavy atom. The Morgan fingerprint density at radius 3 is 2.16 bits per heavy atom. The molecule has 31 heavy (non-hydrogen) atoms. The molecule has 0 saturated heterocycles. The van der Waals surface area contributed by atoms with Gasteiger partial charge in [-0.15, -0.1) is 0 Å². The molecule has 1 aromatic carbocycles. The monoisotopic (exact) mass is 429 g/mol. The van der Waals surface area contributed by atoms with E-state index in [4.69, 9.17) is 0 Å². The van der Waals surface area contributed by atoms with Crippen LogP contribution in [0.15, 0.2) is 42.5 Å². The number of nitrogens with one attached hydrogen (secondary N) is 1. The zero-order valence-corrected chi connectivity index (χ0v) is 19.5. The van der Waals surface area contributed by atoms with E-state index in [1.165, 1.54) is 63.5 Å². The van der Waals surface area contributed by atoms with Gasteiger partial charge in [-0.1, -0.05) is 75.8 Å². The van der Waals surface area contributed by atoms with E-state index in [1.807, 2.05) is 0 Å². The van der Waals surface area contributed by atoms with Crippen LogP contribution in [-0.2, 0) is 11.2 Å². The maximum absolute atomic E-state index is 11.9. The fraction of sp³-hybridized carbons (Fsp3) is 0.593. The number of phenolic OH excluding ortho intramolecular Hbond substituents is 2. The van der Waals surface area contributed by atoms with Gasteiger partial charge < -0.3 is 15.5 Å². The highest BCUT2D eigenvalue weighted by Gasteiger charge is 2.03. The average Bonchev–Trinajstić information content (AvgIpc) is 2.76. The van der Waals surface area contributed by atoms with E-state index in [0.717, 1.165) is 31.2 Å². The summed E-state index contributed by atoms with van der Waals surface area (Å²) in [6.07, 6.45) is 24.8. The highest BCUT2D eigenvalue weighted by Crippen LogP contribution is 2.24. The molecule has 0 aromatic heterocycles. The molecule has 0 bridgehead atoms. The Morgan fingerprint density at radius 1 is 0.839 bits per heavy atom. The first-order valence-electron chi connectivity index (χ1n) is 12.2. The third kappa shape index (κ3) is 15.3. The quantitative estimate of drug-likeness (QED) is 0.134. The summed E-state index contributed by atoms with van der Waals surface area (Å²) in [4.78, 5) is 11.9. The van der Waals surface area contributed by atoms with Gasteiger partial charge in [-0.2, -0.15) is 0 Å². The van der Waals surface area contributed by atoms with Crippen LogP contribution >= 0.6 is 0 Å². The van der Waals surface area contributed by atoms with Crippen molar-refractivity contribution in [3.63, 3.8) is 0 Å². The summed E-state index contributed by atoms with van der Waals surface area (Å²) in [5.41, 5.74) is 0.892. The molecule has 1 aromatic rings. The normalized spacial score (nSPS) is 11.5. The van der Waals surface area contributed by atoms with Crippen LogP contribution in [0.3, 0.4) is 0 Å². The second-order valence-electron chi connectivity index (χ2n) is 8.26. The van der Waals surface area contributed by atoms with Crippen LogP contribution in [0.5, 0.6) is 11.5 Å².